The Morgan fingerprint density at radius 1 is 1.00 bits per heavy atom. The predicted molar refractivity (Wildman–Crippen MR) is 157 cm³/mol. The van der Waals surface area contributed by atoms with Gasteiger partial charge in [-0.15, -0.1) is 0 Å². The van der Waals surface area contributed by atoms with Crippen LogP contribution in [0.25, 0.3) is 22.4 Å². The quantitative estimate of drug-likeness (QED) is 0.172. The lowest BCUT2D eigenvalue weighted by atomic mass is 9.99. The second-order valence-corrected chi connectivity index (χ2v) is 9.05. The average Bonchev–Trinajstić information content (AvgIpc) is 3.80. The summed E-state index contributed by atoms with van der Waals surface area (Å²) in [6, 6.07) is 14.5. The van der Waals surface area contributed by atoms with Crippen LogP contribution in [0.1, 0.15) is 24.8 Å². The largest absolute Gasteiger partial charge is 0.417 e. The van der Waals surface area contributed by atoms with Crippen molar-refractivity contribution in [3.8, 4) is 22.4 Å². The molecule has 1 aliphatic carbocycles. The van der Waals surface area contributed by atoms with Crippen molar-refractivity contribution in [1.29, 1.82) is 10.8 Å². The van der Waals surface area contributed by atoms with Crippen LogP contribution in [-0.2, 0) is 9.59 Å². The number of anilines is 2. The first-order valence-electron chi connectivity index (χ1n) is 12.7. The van der Waals surface area contributed by atoms with Crippen LogP contribution in [0.3, 0.4) is 0 Å². The minimum atomic E-state index is -4.68. The van der Waals surface area contributed by atoms with Gasteiger partial charge in [0.05, 0.1) is 17.0 Å². The number of nitrogens with zero attached hydrogens (tertiary/aromatic N) is 2. The maximum absolute atomic E-state index is 11.8. The molecule has 0 unspecified atom stereocenters. The van der Waals surface area contributed by atoms with E-state index in [9.17, 15) is 22.8 Å². The summed E-state index contributed by atoms with van der Waals surface area (Å²) < 4.78 is 35.4. The summed E-state index contributed by atoms with van der Waals surface area (Å²) in [5, 5.41) is 19.2. The van der Waals surface area contributed by atoms with E-state index in [-0.39, 0.29) is 12.5 Å². The maximum Gasteiger partial charge on any atom is 0.417 e. The number of alkyl halides is 3. The highest BCUT2D eigenvalue weighted by atomic mass is 19.4. The van der Waals surface area contributed by atoms with Crippen molar-refractivity contribution in [3.63, 3.8) is 0 Å². The van der Waals surface area contributed by atoms with Crippen LogP contribution in [0.4, 0.5) is 24.7 Å². The number of hydrogen-bond acceptors (Lipinski definition) is 8. The summed E-state index contributed by atoms with van der Waals surface area (Å²) in [7, 11) is 3.80. The molecule has 0 bridgehead atoms. The number of aryl methyl sites for hydroxylation is 1. The van der Waals surface area contributed by atoms with Gasteiger partial charge in [-0.25, -0.2) is 4.98 Å². The number of allylic oxidation sites excluding steroid dienone is 2. The minimum absolute atomic E-state index is 0.0325. The average molecular weight is 567 g/mol. The Balaban J connectivity index is 0.000000272. The number of pyridine rings is 2. The molecule has 0 amide bonds. The molecular formula is C30H33F3N6O2. The molecular weight excluding hydrogens is 533 g/mol. The molecule has 0 spiro atoms. The fourth-order valence-electron chi connectivity index (χ4n) is 3.47. The van der Waals surface area contributed by atoms with Gasteiger partial charge < -0.3 is 20.8 Å². The molecule has 1 saturated carbocycles. The van der Waals surface area contributed by atoms with E-state index in [4.69, 9.17) is 10.8 Å². The van der Waals surface area contributed by atoms with Crippen LogP contribution in [0.2, 0.25) is 0 Å². The molecule has 0 radical (unpaired) electrons. The molecule has 2 heterocycles. The molecule has 1 aromatic carbocycles. The van der Waals surface area contributed by atoms with E-state index in [0.29, 0.717) is 6.08 Å². The number of aldehydes is 2. The van der Waals surface area contributed by atoms with Crippen molar-refractivity contribution in [2.75, 3.05) is 24.7 Å². The monoisotopic (exact) mass is 566 g/mol. The number of halogens is 3. The number of aromatic nitrogens is 2. The molecule has 11 heteroatoms. The highest BCUT2D eigenvalue weighted by Gasteiger charge is 2.32. The van der Waals surface area contributed by atoms with Crippen LogP contribution < -0.4 is 10.6 Å². The van der Waals surface area contributed by atoms with Gasteiger partial charge in [0.1, 0.15) is 12.1 Å². The van der Waals surface area contributed by atoms with Gasteiger partial charge in [0, 0.05) is 50.4 Å². The zero-order chi connectivity index (χ0) is 30.4. The standard InChI is InChI=1S/C19H20N4.C6H5F3N2O.C5H8O/c1-13-4-5-16(20-2)12-17(13)14-6-8-22-18(10-14)15-7-9-23-19(11-15)21-3;7-6(8,9)4(2-10)1-5(11)3-12;6-4-3-5-1-2-5/h4-12,20H,1-3H3,(H,21,23);1-3,10-11H;4-5H,1-3H2/b;4-1+,10-2?,11-5?;. The minimum Gasteiger partial charge on any atom is -0.388 e. The van der Waals surface area contributed by atoms with E-state index in [0.717, 1.165) is 47.0 Å². The number of nitrogens with one attached hydrogen (secondary N) is 4. The summed E-state index contributed by atoms with van der Waals surface area (Å²) >= 11 is 0. The molecule has 8 nitrogen and oxygen atoms in total. The Bertz CT molecular complexity index is 1380. The summed E-state index contributed by atoms with van der Waals surface area (Å²) in [5.74, 6) is 1.62. The molecule has 3 aromatic rings. The Morgan fingerprint density at radius 3 is 2.22 bits per heavy atom. The molecule has 1 fully saturated rings. The second kappa shape index (κ2) is 15.8. The number of hydrogen-bond donors (Lipinski definition) is 4. The first kappa shape index (κ1) is 32.5. The van der Waals surface area contributed by atoms with Gasteiger partial charge in [-0.2, -0.15) is 13.2 Å². The molecule has 2 aromatic heterocycles. The third-order valence-corrected chi connectivity index (χ3v) is 5.96. The van der Waals surface area contributed by atoms with Gasteiger partial charge in [0.2, 0.25) is 0 Å². The van der Waals surface area contributed by atoms with E-state index in [2.05, 4.69) is 51.8 Å². The van der Waals surface area contributed by atoms with Crippen molar-refractivity contribution in [3.05, 3.63) is 72.1 Å². The van der Waals surface area contributed by atoms with Gasteiger partial charge in [0.25, 0.3) is 0 Å². The topological polar surface area (TPSA) is 132 Å². The van der Waals surface area contributed by atoms with Crippen LogP contribution in [0.15, 0.2) is 66.5 Å². The summed E-state index contributed by atoms with van der Waals surface area (Å²) in [6.07, 6.45) is 3.68. The van der Waals surface area contributed by atoms with Gasteiger partial charge in [0.15, 0.2) is 6.29 Å². The van der Waals surface area contributed by atoms with Gasteiger partial charge in [-0.05, 0) is 84.8 Å². The molecule has 0 atom stereocenters. The smallest absolute Gasteiger partial charge is 0.388 e. The number of rotatable bonds is 9. The van der Waals surface area contributed by atoms with Gasteiger partial charge >= 0.3 is 6.18 Å². The highest BCUT2D eigenvalue weighted by molar-refractivity contribution is 6.33. The van der Waals surface area contributed by atoms with Crippen LogP contribution >= 0.6 is 0 Å². The van der Waals surface area contributed by atoms with Crippen LogP contribution in [0.5, 0.6) is 0 Å². The van der Waals surface area contributed by atoms with E-state index < -0.39 is 17.5 Å². The lowest BCUT2D eigenvalue weighted by Crippen LogP contribution is -2.14. The Hall–Kier alpha value is -4.67. The van der Waals surface area contributed by atoms with Crippen molar-refractivity contribution in [1.82, 2.24) is 9.97 Å². The van der Waals surface area contributed by atoms with E-state index >= 15 is 0 Å². The zero-order valence-electron chi connectivity index (χ0n) is 23.0. The van der Waals surface area contributed by atoms with Crippen molar-refractivity contribution in [2.45, 2.75) is 32.4 Å². The Labute approximate surface area is 237 Å². The lowest BCUT2D eigenvalue weighted by molar-refractivity contribution is -0.108. The summed E-state index contributed by atoms with van der Waals surface area (Å²) in [6.45, 7) is 2.13. The molecule has 216 valence electrons. The predicted octanol–water partition coefficient (Wildman–Crippen LogP) is 6.53. The first-order chi connectivity index (χ1) is 19.6. The van der Waals surface area contributed by atoms with Crippen LogP contribution in [0, 0.1) is 23.7 Å². The normalized spacial score (nSPS) is 12.5. The van der Waals surface area contributed by atoms with Gasteiger partial charge in [-0.1, -0.05) is 6.07 Å². The third kappa shape index (κ3) is 10.8. The number of carbonyl (C=O) groups is 2. The van der Waals surface area contributed by atoms with Crippen molar-refractivity contribution < 1.29 is 22.8 Å². The van der Waals surface area contributed by atoms with Crippen molar-refractivity contribution in [2.24, 2.45) is 5.92 Å². The lowest BCUT2D eigenvalue weighted by Gasteiger charge is -2.11. The van der Waals surface area contributed by atoms with E-state index in [1.807, 2.05) is 38.5 Å². The molecule has 4 rings (SSSR count). The SMILES string of the molecule is CNc1ccc(C)c(-c2ccnc(-c3ccnc(NC)c3)c2)c1.N=C/C(=C\C(=N)C=O)C(F)(F)F.O=CCC1CC1. The van der Waals surface area contributed by atoms with Crippen molar-refractivity contribution >= 4 is 36.0 Å². The molecule has 1 aliphatic rings. The fraction of sp³-hybridized carbons (Fsp3) is 0.267. The molecule has 41 heavy (non-hydrogen) atoms. The Morgan fingerprint density at radius 2 is 1.68 bits per heavy atom. The molecule has 4 N–H and O–H groups in total. The molecule has 0 aliphatic heterocycles. The fourth-order valence-corrected chi connectivity index (χ4v) is 3.47. The molecule has 0 saturated heterocycles. The van der Waals surface area contributed by atoms with Gasteiger partial charge in [-0.3, -0.25) is 15.2 Å². The third-order valence-electron chi connectivity index (χ3n) is 5.96. The second-order valence-electron chi connectivity index (χ2n) is 9.05. The van der Waals surface area contributed by atoms with E-state index in [1.165, 1.54) is 24.0 Å². The zero-order valence-corrected chi connectivity index (χ0v) is 23.0. The van der Waals surface area contributed by atoms with Crippen LogP contribution in [-0.4, -0.2) is 54.7 Å². The Kier molecular flexibility index (Phi) is 12.5. The maximum atomic E-state index is 11.8. The first-order valence-corrected chi connectivity index (χ1v) is 12.7. The van der Waals surface area contributed by atoms with E-state index in [1.54, 1.807) is 6.20 Å². The number of carbonyl (C=O) groups excluding carboxylic acids is 2. The summed E-state index contributed by atoms with van der Waals surface area (Å²) in [5.41, 5.74) is 4.57. The highest BCUT2D eigenvalue weighted by Crippen LogP contribution is 2.31. The number of benzene rings is 1. The summed E-state index contributed by atoms with van der Waals surface area (Å²) in [4.78, 5) is 28.2.